The Morgan fingerprint density at radius 3 is 2.62 bits per heavy atom. The normalized spacial score (nSPS) is 11.3. The Morgan fingerprint density at radius 2 is 2.00 bits per heavy atom. The summed E-state index contributed by atoms with van der Waals surface area (Å²) in [5.41, 5.74) is 1.33. The van der Waals surface area contributed by atoms with Crippen LogP contribution in [0.5, 0.6) is 0 Å². The van der Waals surface area contributed by atoms with Crippen LogP contribution in [0.15, 0.2) is 47.8 Å². The third-order valence-electron chi connectivity index (χ3n) is 1.99. The molecule has 2 rings (SSSR count). The van der Waals surface area contributed by atoms with Gasteiger partial charge >= 0.3 is 0 Å². The molecule has 0 aliphatic rings. The number of aromatic nitrogens is 2. The Morgan fingerprint density at radius 1 is 1.19 bits per heavy atom. The van der Waals surface area contributed by atoms with Crippen molar-refractivity contribution < 1.29 is 8.42 Å². The first kappa shape index (κ1) is 11.0. The van der Waals surface area contributed by atoms with E-state index in [0.29, 0.717) is 11.3 Å². The van der Waals surface area contributed by atoms with Crippen LogP contribution in [0.1, 0.15) is 0 Å². The highest BCUT2D eigenvalue weighted by atomic mass is 35.7. The van der Waals surface area contributed by atoms with Gasteiger partial charge in [-0.15, -0.1) is 0 Å². The summed E-state index contributed by atoms with van der Waals surface area (Å²) in [6.45, 7) is 0. The average molecular weight is 255 g/mol. The molecule has 0 spiro atoms. The fourth-order valence-corrected chi connectivity index (χ4v) is 2.07. The van der Waals surface area contributed by atoms with E-state index in [1.807, 2.05) is 0 Å². The van der Waals surface area contributed by atoms with Crippen molar-refractivity contribution in [1.29, 1.82) is 0 Å². The zero-order valence-corrected chi connectivity index (χ0v) is 9.61. The molecular formula is C10H7ClN2O2S. The van der Waals surface area contributed by atoms with Crippen molar-refractivity contribution in [2.24, 2.45) is 0 Å². The number of hydrogen-bond donors (Lipinski definition) is 0. The van der Waals surface area contributed by atoms with Gasteiger partial charge in [-0.3, -0.25) is 0 Å². The molecule has 82 valence electrons. The molecule has 0 aliphatic heterocycles. The van der Waals surface area contributed by atoms with E-state index < -0.39 is 9.05 Å². The highest BCUT2D eigenvalue weighted by molar-refractivity contribution is 8.13. The van der Waals surface area contributed by atoms with Gasteiger partial charge in [0, 0.05) is 22.4 Å². The third-order valence-corrected chi connectivity index (χ3v) is 3.34. The molecule has 4 nitrogen and oxygen atoms in total. The number of benzene rings is 1. The minimum atomic E-state index is -3.70. The van der Waals surface area contributed by atoms with Crippen molar-refractivity contribution in [3.8, 4) is 11.3 Å². The Kier molecular flexibility index (Phi) is 2.89. The molecule has 1 heterocycles. The molecule has 0 bridgehead atoms. The van der Waals surface area contributed by atoms with Crippen LogP contribution in [0, 0.1) is 0 Å². The summed E-state index contributed by atoms with van der Waals surface area (Å²) in [6, 6.07) is 7.98. The highest BCUT2D eigenvalue weighted by Crippen LogP contribution is 2.22. The first-order valence-corrected chi connectivity index (χ1v) is 6.69. The lowest BCUT2D eigenvalue weighted by molar-refractivity contribution is 0.609. The topological polar surface area (TPSA) is 59.9 Å². The summed E-state index contributed by atoms with van der Waals surface area (Å²) < 4.78 is 22.3. The molecule has 0 amide bonds. The second-order valence-corrected chi connectivity index (χ2v) is 5.63. The van der Waals surface area contributed by atoms with Gasteiger partial charge in [0.25, 0.3) is 9.05 Å². The van der Waals surface area contributed by atoms with Gasteiger partial charge in [-0.2, -0.15) is 0 Å². The van der Waals surface area contributed by atoms with Crippen molar-refractivity contribution in [3.63, 3.8) is 0 Å². The van der Waals surface area contributed by atoms with Gasteiger partial charge in [0.15, 0.2) is 0 Å². The maximum Gasteiger partial charge on any atom is 0.261 e. The average Bonchev–Trinajstić information content (AvgIpc) is 2.29. The molecule has 0 saturated heterocycles. The van der Waals surface area contributed by atoms with Gasteiger partial charge in [-0.05, 0) is 18.2 Å². The Labute approximate surface area is 97.4 Å². The largest absolute Gasteiger partial charge is 0.261 e. The molecule has 0 saturated carbocycles. The summed E-state index contributed by atoms with van der Waals surface area (Å²) in [6.07, 6.45) is 2.99. The molecule has 1 aromatic heterocycles. The van der Waals surface area contributed by atoms with Crippen molar-refractivity contribution in [3.05, 3.63) is 42.9 Å². The number of hydrogen-bond acceptors (Lipinski definition) is 4. The number of rotatable bonds is 2. The second kappa shape index (κ2) is 4.19. The Balaban J connectivity index is 2.53. The van der Waals surface area contributed by atoms with Crippen molar-refractivity contribution in [1.82, 2.24) is 9.97 Å². The summed E-state index contributed by atoms with van der Waals surface area (Å²) in [7, 11) is 1.55. The molecular weight excluding hydrogens is 248 g/mol. The molecule has 0 N–H and O–H groups in total. The smallest absolute Gasteiger partial charge is 0.245 e. The van der Waals surface area contributed by atoms with Crippen molar-refractivity contribution >= 4 is 19.7 Å². The first-order chi connectivity index (χ1) is 7.57. The molecule has 1 aromatic carbocycles. The van der Waals surface area contributed by atoms with Crippen LogP contribution in [0.2, 0.25) is 0 Å². The van der Waals surface area contributed by atoms with Crippen LogP contribution in [0.4, 0.5) is 0 Å². The van der Waals surface area contributed by atoms with Gasteiger partial charge in [0.05, 0.1) is 10.6 Å². The van der Waals surface area contributed by atoms with Crippen LogP contribution in [-0.2, 0) is 9.05 Å². The van der Waals surface area contributed by atoms with Gasteiger partial charge in [-0.1, -0.05) is 12.1 Å². The van der Waals surface area contributed by atoms with Crippen LogP contribution >= 0.6 is 10.7 Å². The zero-order valence-electron chi connectivity index (χ0n) is 8.04. The zero-order chi connectivity index (χ0) is 11.6. The van der Waals surface area contributed by atoms with Gasteiger partial charge in [-0.25, -0.2) is 18.4 Å². The molecule has 0 unspecified atom stereocenters. The van der Waals surface area contributed by atoms with Crippen LogP contribution in [-0.4, -0.2) is 18.4 Å². The molecule has 0 fully saturated rings. The fourth-order valence-electron chi connectivity index (χ4n) is 1.27. The lowest BCUT2D eigenvalue weighted by Gasteiger charge is -2.01. The van der Waals surface area contributed by atoms with E-state index in [1.165, 1.54) is 18.5 Å². The molecule has 16 heavy (non-hydrogen) atoms. The van der Waals surface area contributed by atoms with E-state index in [4.69, 9.17) is 10.7 Å². The molecule has 0 radical (unpaired) electrons. The quantitative estimate of drug-likeness (QED) is 0.770. The van der Waals surface area contributed by atoms with E-state index in [0.717, 1.165) is 0 Å². The highest BCUT2D eigenvalue weighted by Gasteiger charge is 2.10. The van der Waals surface area contributed by atoms with Gasteiger partial charge in [0.2, 0.25) is 0 Å². The minimum absolute atomic E-state index is 0.0604. The van der Waals surface area contributed by atoms with Gasteiger partial charge in [0.1, 0.15) is 6.33 Å². The van der Waals surface area contributed by atoms with E-state index in [2.05, 4.69) is 9.97 Å². The minimum Gasteiger partial charge on any atom is -0.245 e. The Hall–Kier alpha value is -1.46. The van der Waals surface area contributed by atoms with E-state index in [1.54, 1.807) is 24.4 Å². The maximum atomic E-state index is 11.1. The summed E-state index contributed by atoms with van der Waals surface area (Å²) in [5, 5.41) is 0. The van der Waals surface area contributed by atoms with Crippen molar-refractivity contribution in [2.75, 3.05) is 0 Å². The van der Waals surface area contributed by atoms with E-state index in [-0.39, 0.29) is 4.90 Å². The fraction of sp³-hybridized carbons (Fsp3) is 0. The van der Waals surface area contributed by atoms with Crippen LogP contribution in [0.25, 0.3) is 11.3 Å². The lowest BCUT2D eigenvalue weighted by atomic mass is 10.1. The van der Waals surface area contributed by atoms with Crippen LogP contribution < -0.4 is 0 Å². The summed E-state index contributed by atoms with van der Waals surface area (Å²) in [5.74, 6) is 0. The van der Waals surface area contributed by atoms with Crippen molar-refractivity contribution in [2.45, 2.75) is 4.90 Å². The predicted molar refractivity (Wildman–Crippen MR) is 60.5 cm³/mol. The summed E-state index contributed by atoms with van der Waals surface area (Å²) >= 11 is 0. The summed E-state index contributed by atoms with van der Waals surface area (Å²) in [4.78, 5) is 7.87. The molecule has 0 aliphatic carbocycles. The standard InChI is InChI=1S/C10H7ClN2O2S/c11-16(14,15)9-3-1-2-8(6-9)10-4-5-12-7-13-10/h1-7H. The monoisotopic (exact) mass is 254 g/mol. The number of halogens is 1. The van der Waals surface area contributed by atoms with E-state index >= 15 is 0 Å². The lowest BCUT2D eigenvalue weighted by Crippen LogP contribution is -1.91. The van der Waals surface area contributed by atoms with Gasteiger partial charge < -0.3 is 0 Å². The molecule has 0 atom stereocenters. The molecule has 2 aromatic rings. The van der Waals surface area contributed by atoms with E-state index in [9.17, 15) is 8.42 Å². The SMILES string of the molecule is O=S(=O)(Cl)c1cccc(-c2ccncn2)c1. The second-order valence-electron chi connectivity index (χ2n) is 3.06. The number of nitrogens with zero attached hydrogens (tertiary/aromatic N) is 2. The van der Waals surface area contributed by atoms with Crippen LogP contribution in [0.3, 0.4) is 0 Å². The third kappa shape index (κ3) is 2.37. The maximum absolute atomic E-state index is 11.1. The predicted octanol–water partition coefficient (Wildman–Crippen LogP) is 2.07. The Bertz CT molecular complexity index is 599. The molecule has 6 heteroatoms. The first-order valence-electron chi connectivity index (χ1n) is 4.38.